The second-order valence-corrected chi connectivity index (χ2v) is 6.27. The van der Waals surface area contributed by atoms with Crippen LogP contribution in [-0.2, 0) is 12.8 Å². The van der Waals surface area contributed by atoms with Crippen molar-refractivity contribution in [1.29, 1.82) is 0 Å². The Morgan fingerprint density at radius 3 is 2.30 bits per heavy atom. The molecule has 0 unspecified atom stereocenters. The summed E-state index contributed by atoms with van der Waals surface area (Å²) in [6.07, 6.45) is 4.50. The molecule has 0 radical (unpaired) electrons. The van der Waals surface area contributed by atoms with E-state index in [1.54, 1.807) is 6.07 Å². The average Bonchev–Trinajstić information content (AvgIpc) is 2.56. The predicted molar refractivity (Wildman–Crippen MR) is 94.0 cm³/mol. The van der Waals surface area contributed by atoms with Gasteiger partial charge in [0.15, 0.2) is 11.6 Å². The molecule has 0 spiro atoms. The van der Waals surface area contributed by atoms with Crippen LogP contribution in [0.2, 0.25) is 0 Å². The standard InChI is InChI=1S/C21H22F2/c1-3-5-7-16-12-18-11-15-9-8-14(6-4-2)10-17(15)13-19(18)21(23)20(16)22/h8-13H,3-7H2,1-2H3. The van der Waals surface area contributed by atoms with Crippen molar-refractivity contribution in [3.05, 3.63) is 59.2 Å². The highest BCUT2D eigenvalue weighted by Crippen LogP contribution is 2.29. The van der Waals surface area contributed by atoms with Gasteiger partial charge in [-0.05, 0) is 64.7 Å². The maximum absolute atomic E-state index is 14.5. The monoisotopic (exact) mass is 312 g/mol. The molecule has 0 aromatic heterocycles. The molecule has 2 heteroatoms. The van der Waals surface area contributed by atoms with Crippen molar-refractivity contribution in [3.8, 4) is 0 Å². The molecule has 3 rings (SSSR count). The van der Waals surface area contributed by atoms with Gasteiger partial charge in [-0.25, -0.2) is 8.78 Å². The topological polar surface area (TPSA) is 0 Å². The van der Waals surface area contributed by atoms with E-state index in [4.69, 9.17) is 0 Å². The largest absolute Gasteiger partial charge is 0.203 e. The van der Waals surface area contributed by atoms with E-state index in [-0.39, 0.29) is 0 Å². The molecule has 0 saturated carbocycles. The molecule has 23 heavy (non-hydrogen) atoms. The van der Waals surface area contributed by atoms with Crippen molar-refractivity contribution in [1.82, 2.24) is 0 Å². The van der Waals surface area contributed by atoms with Crippen LogP contribution in [-0.4, -0.2) is 0 Å². The number of unbranched alkanes of at least 4 members (excludes halogenated alkanes) is 1. The minimum absolute atomic E-state index is 0.379. The molecule has 0 aliphatic carbocycles. The van der Waals surface area contributed by atoms with Crippen LogP contribution in [0.15, 0.2) is 36.4 Å². The Balaban J connectivity index is 2.18. The van der Waals surface area contributed by atoms with Gasteiger partial charge < -0.3 is 0 Å². The maximum Gasteiger partial charge on any atom is 0.166 e. The summed E-state index contributed by atoms with van der Waals surface area (Å²) in [4.78, 5) is 0. The van der Waals surface area contributed by atoms with Crippen LogP contribution in [0.5, 0.6) is 0 Å². The molecule has 0 fully saturated rings. The van der Waals surface area contributed by atoms with E-state index in [1.807, 2.05) is 12.1 Å². The van der Waals surface area contributed by atoms with E-state index >= 15 is 0 Å². The van der Waals surface area contributed by atoms with Crippen molar-refractivity contribution < 1.29 is 8.78 Å². The van der Waals surface area contributed by atoms with Gasteiger partial charge in [0.05, 0.1) is 0 Å². The fraction of sp³-hybridized carbons (Fsp3) is 0.333. The van der Waals surface area contributed by atoms with Crippen molar-refractivity contribution in [2.75, 3.05) is 0 Å². The molecule has 0 bridgehead atoms. The smallest absolute Gasteiger partial charge is 0.166 e. The first kappa shape index (κ1) is 15.9. The predicted octanol–water partition coefficient (Wildman–Crippen LogP) is 6.57. The minimum Gasteiger partial charge on any atom is -0.203 e. The lowest BCUT2D eigenvalue weighted by Gasteiger charge is -2.10. The van der Waals surface area contributed by atoms with Crippen LogP contribution in [0, 0.1) is 11.6 Å². The quantitative estimate of drug-likeness (QED) is 0.468. The summed E-state index contributed by atoms with van der Waals surface area (Å²) in [6, 6.07) is 11.8. The second kappa shape index (κ2) is 6.66. The number of hydrogen-bond acceptors (Lipinski definition) is 0. The van der Waals surface area contributed by atoms with Crippen LogP contribution in [0.4, 0.5) is 8.78 Å². The highest BCUT2D eigenvalue weighted by molar-refractivity contribution is 5.99. The molecule has 0 aliphatic heterocycles. The molecule has 3 aromatic rings. The maximum atomic E-state index is 14.5. The Morgan fingerprint density at radius 1 is 0.739 bits per heavy atom. The van der Waals surface area contributed by atoms with Crippen LogP contribution < -0.4 is 0 Å². The summed E-state index contributed by atoms with van der Waals surface area (Å²) < 4.78 is 28.8. The Morgan fingerprint density at radius 2 is 1.57 bits per heavy atom. The number of benzene rings is 3. The summed E-state index contributed by atoms with van der Waals surface area (Å²) in [7, 11) is 0. The third-order valence-electron chi connectivity index (χ3n) is 4.45. The van der Waals surface area contributed by atoms with Crippen molar-refractivity contribution >= 4 is 21.5 Å². The molecular weight excluding hydrogens is 290 g/mol. The Kier molecular flexibility index (Phi) is 4.61. The van der Waals surface area contributed by atoms with Gasteiger partial charge in [-0.15, -0.1) is 0 Å². The van der Waals surface area contributed by atoms with Gasteiger partial charge in [-0.1, -0.05) is 44.9 Å². The minimum atomic E-state index is -0.712. The van der Waals surface area contributed by atoms with Gasteiger partial charge in [0, 0.05) is 5.39 Å². The molecule has 0 saturated heterocycles. The summed E-state index contributed by atoms with van der Waals surface area (Å²) in [5.41, 5.74) is 1.72. The lowest BCUT2D eigenvalue weighted by molar-refractivity contribution is 0.505. The normalized spacial score (nSPS) is 11.5. The van der Waals surface area contributed by atoms with E-state index in [1.165, 1.54) is 5.56 Å². The van der Waals surface area contributed by atoms with Gasteiger partial charge in [0.1, 0.15) is 0 Å². The average molecular weight is 312 g/mol. The molecule has 0 nitrogen and oxygen atoms in total. The zero-order chi connectivity index (χ0) is 16.4. The number of hydrogen-bond donors (Lipinski definition) is 0. The zero-order valence-electron chi connectivity index (χ0n) is 13.8. The first-order chi connectivity index (χ1) is 11.1. The fourth-order valence-electron chi connectivity index (χ4n) is 3.18. The molecule has 0 atom stereocenters. The van der Waals surface area contributed by atoms with E-state index in [0.717, 1.165) is 41.8 Å². The van der Waals surface area contributed by atoms with Gasteiger partial charge in [-0.3, -0.25) is 0 Å². The van der Waals surface area contributed by atoms with Gasteiger partial charge in [0.2, 0.25) is 0 Å². The molecule has 0 amide bonds. The highest BCUT2D eigenvalue weighted by Gasteiger charge is 2.14. The van der Waals surface area contributed by atoms with Crippen molar-refractivity contribution in [3.63, 3.8) is 0 Å². The number of fused-ring (bicyclic) bond motifs is 2. The third kappa shape index (κ3) is 3.08. The molecule has 0 heterocycles. The number of aryl methyl sites for hydroxylation is 2. The van der Waals surface area contributed by atoms with Gasteiger partial charge in [0.25, 0.3) is 0 Å². The van der Waals surface area contributed by atoms with E-state index in [9.17, 15) is 8.78 Å². The fourth-order valence-corrected chi connectivity index (χ4v) is 3.18. The van der Waals surface area contributed by atoms with E-state index in [0.29, 0.717) is 17.4 Å². The zero-order valence-corrected chi connectivity index (χ0v) is 13.8. The Labute approximate surface area is 136 Å². The second-order valence-electron chi connectivity index (χ2n) is 6.27. The first-order valence-electron chi connectivity index (χ1n) is 8.47. The highest BCUT2D eigenvalue weighted by atomic mass is 19.2. The van der Waals surface area contributed by atoms with Gasteiger partial charge in [-0.2, -0.15) is 0 Å². The molecule has 120 valence electrons. The lowest BCUT2D eigenvalue weighted by Crippen LogP contribution is -1.96. The molecule has 0 N–H and O–H groups in total. The SMILES string of the molecule is CCCCc1cc2cc3ccc(CCC)cc3cc2c(F)c1F. The Bertz CT molecular complexity index is 849. The summed E-state index contributed by atoms with van der Waals surface area (Å²) in [6.45, 7) is 4.19. The summed E-state index contributed by atoms with van der Waals surface area (Å²) in [5, 5.41) is 3.21. The Hall–Kier alpha value is -1.96. The molecule has 3 aromatic carbocycles. The number of rotatable bonds is 5. The molecule has 0 aliphatic rings. The van der Waals surface area contributed by atoms with Crippen LogP contribution in [0.1, 0.15) is 44.2 Å². The third-order valence-corrected chi connectivity index (χ3v) is 4.45. The van der Waals surface area contributed by atoms with Crippen molar-refractivity contribution in [2.24, 2.45) is 0 Å². The molecular formula is C21H22F2. The van der Waals surface area contributed by atoms with E-state index < -0.39 is 11.6 Å². The summed E-state index contributed by atoms with van der Waals surface area (Å²) >= 11 is 0. The lowest BCUT2D eigenvalue weighted by atomic mass is 9.97. The van der Waals surface area contributed by atoms with E-state index in [2.05, 4.69) is 32.0 Å². The summed E-state index contributed by atoms with van der Waals surface area (Å²) in [5.74, 6) is -1.40. The van der Waals surface area contributed by atoms with Crippen LogP contribution in [0.25, 0.3) is 21.5 Å². The van der Waals surface area contributed by atoms with Crippen LogP contribution >= 0.6 is 0 Å². The van der Waals surface area contributed by atoms with Crippen LogP contribution in [0.3, 0.4) is 0 Å². The number of halogens is 2. The van der Waals surface area contributed by atoms with Crippen molar-refractivity contribution in [2.45, 2.75) is 46.0 Å². The van der Waals surface area contributed by atoms with Gasteiger partial charge >= 0.3 is 0 Å². The first-order valence-corrected chi connectivity index (χ1v) is 8.47.